The molecule has 1 aromatic carbocycles. The predicted molar refractivity (Wildman–Crippen MR) is 115 cm³/mol. The maximum Gasteiger partial charge on any atom is 0.336 e. The molecule has 4 aliphatic rings. The monoisotopic (exact) mass is 489 g/mol. The van der Waals surface area contributed by atoms with E-state index in [-0.39, 0.29) is 25.3 Å². The second kappa shape index (κ2) is 8.31. The molecule has 0 unspecified atom stereocenters. The molecular weight excluding hydrogens is 466 g/mol. The summed E-state index contributed by atoms with van der Waals surface area (Å²) in [7, 11) is 0. The number of halogens is 1. The van der Waals surface area contributed by atoms with Crippen LogP contribution >= 0.6 is 15.9 Å². The molecule has 0 aromatic heterocycles. The number of carbonyl (C=O) groups excluding carboxylic acids is 2. The Morgan fingerprint density at radius 1 is 1.23 bits per heavy atom. The number of carbonyl (C=O) groups is 2. The summed E-state index contributed by atoms with van der Waals surface area (Å²) in [6, 6.07) is 3.69. The number of benzene rings is 1. The first-order valence-corrected chi connectivity index (χ1v) is 11.4. The molecule has 1 N–H and O–H groups in total. The Hall–Kier alpha value is -2.32. The van der Waals surface area contributed by atoms with E-state index in [9.17, 15) is 9.59 Å². The Morgan fingerprint density at radius 3 is 2.81 bits per heavy atom. The topological polar surface area (TPSA) is 83.1 Å². The smallest absolute Gasteiger partial charge is 0.336 e. The first-order valence-electron chi connectivity index (χ1n) is 10.6. The van der Waals surface area contributed by atoms with Crippen molar-refractivity contribution < 1.29 is 28.5 Å². The third-order valence-corrected chi connectivity index (χ3v) is 6.91. The van der Waals surface area contributed by atoms with E-state index in [4.69, 9.17) is 18.9 Å². The van der Waals surface area contributed by atoms with E-state index in [1.54, 1.807) is 0 Å². The van der Waals surface area contributed by atoms with E-state index in [1.807, 2.05) is 19.1 Å². The van der Waals surface area contributed by atoms with E-state index in [1.165, 1.54) is 0 Å². The van der Waals surface area contributed by atoms with Crippen molar-refractivity contribution in [1.29, 1.82) is 0 Å². The normalized spacial score (nSPS) is 24.9. The van der Waals surface area contributed by atoms with E-state index < -0.39 is 11.9 Å². The van der Waals surface area contributed by atoms with Crippen LogP contribution in [0.1, 0.15) is 50.5 Å². The lowest BCUT2D eigenvalue weighted by atomic mass is 9.75. The summed E-state index contributed by atoms with van der Waals surface area (Å²) in [5.74, 6) is 0.328. The first kappa shape index (κ1) is 20.6. The Bertz CT molecular complexity index is 1010. The van der Waals surface area contributed by atoms with Gasteiger partial charge >= 0.3 is 5.97 Å². The highest BCUT2D eigenvalue weighted by atomic mass is 79.9. The molecule has 1 fully saturated rings. The minimum Gasteiger partial charge on any atom is -0.459 e. The molecule has 3 heterocycles. The van der Waals surface area contributed by atoms with Crippen molar-refractivity contribution >= 4 is 27.7 Å². The van der Waals surface area contributed by atoms with Gasteiger partial charge in [0.15, 0.2) is 17.3 Å². The second-order valence-corrected chi connectivity index (χ2v) is 9.08. The van der Waals surface area contributed by atoms with Crippen LogP contribution in [0.15, 0.2) is 39.1 Å². The molecule has 0 bridgehead atoms. The quantitative estimate of drug-likeness (QED) is 0.642. The molecule has 5 rings (SSSR count). The van der Waals surface area contributed by atoms with Crippen molar-refractivity contribution in [1.82, 2.24) is 5.32 Å². The zero-order chi connectivity index (χ0) is 21.5. The van der Waals surface area contributed by atoms with Crippen molar-refractivity contribution in [3.8, 4) is 11.5 Å². The molecule has 31 heavy (non-hydrogen) atoms. The van der Waals surface area contributed by atoms with Crippen LogP contribution in [0, 0.1) is 0 Å². The van der Waals surface area contributed by atoms with Crippen LogP contribution in [0.25, 0.3) is 0 Å². The second-order valence-electron chi connectivity index (χ2n) is 8.23. The molecule has 1 saturated heterocycles. The van der Waals surface area contributed by atoms with Gasteiger partial charge in [-0.05, 0) is 50.3 Å². The summed E-state index contributed by atoms with van der Waals surface area (Å²) in [5, 5.41) is 3.31. The fourth-order valence-electron chi connectivity index (χ4n) is 4.74. The van der Waals surface area contributed by atoms with Gasteiger partial charge in [0.2, 0.25) is 6.79 Å². The number of rotatable bonds is 4. The van der Waals surface area contributed by atoms with Crippen LogP contribution in [-0.4, -0.2) is 37.9 Å². The van der Waals surface area contributed by atoms with Gasteiger partial charge in [-0.25, -0.2) is 4.79 Å². The molecule has 8 heteroatoms. The van der Waals surface area contributed by atoms with Crippen molar-refractivity contribution in [2.24, 2.45) is 0 Å². The number of hydrogen-bond donors (Lipinski definition) is 1. The van der Waals surface area contributed by atoms with Crippen molar-refractivity contribution in [2.75, 3.05) is 20.0 Å². The van der Waals surface area contributed by atoms with Crippen LogP contribution in [-0.2, 0) is 19.1 Å². The molecule has 3 aliphatic heterocycles. The van der Waals surface area contributed by atoms with Crippen LogP contribution < -0.4 is 14.8 Å². The van der Waals surface area contributed by atoms with Crippen molar-refractivity contribution in [2.45, 2.75) is 51.0 Å². The summed E-state index contributed by atoms with van der Waals surface area (Å²) >= 11 is 3.63. The average Bonchev–Trinajstić information content (AvgIpc) is 3.42. The van der Waals surface area contributed by atoms with Gasteiger partial charge in [-0.2, -0.15) is 0 Å². The van der Waals surface area contributed by atoms with Crippen molar-refractivity contribution in [3.05, 3.63) is 44.7 Å². The van der Waals surface area contributed by atoms with Crippen LogP contribution in [0.3, 0.4) is 0 Å². The number of dihydropyridines is 1. The molecule has 2 atom stereocenters. The highest BCUT2D eigenvalue weighted by Gasteiger charge is 2.40. The van der Waals surface area contributed by atoms with Gasteiger partial charge in [0.25, 0.3) is 0 Å². The summed E-state index contributed by atoms with van der Waals surface area (Å²) < 4.78 is 23.1. The lowest BCUT2D eigenvalue weighted by Crippen LogP contribution is -2.35. The molecular formula is C23H24BrNO6. The number of ketones is 1. The first-order chi connectivity index (χ1) is 15.0. The summed E-state index contributed by atoms with van der Waals surface area (Å²) in [4.78, 5) is 26.3. The Kier molecular flexibility index (Phi) is 5.52. The largest absolute Gasteiger partial charge is 0.459 e. The molecule has 0 spiro atoms. The Morgan fingerprint density at radius 2 is 2.03 bits per heavy atom. The molecule has 0 amide bonds. The number of nitrogens with one attached hydrogen (secondary N) is 1. The molecule has 0 saturated carbocycles. The van der Waals surface area contributed by atoms with E-state index in [0.717, 1.165) is 41.4 Å². The highest BCUT2D eigenvalue weighted by molar-refractivity contribution is 9.10. The fraction of sp³-hybridized carbons (Fsp3) is 0.478. The van der Waals surface area contributed by atoms with Gasteiger partial charge in [0, 0.05) is 40.4 Å². The molecule has 1 aromatic rings. The predicted octanol–water partition coefficient (Wildman–Crippen LogP) is 3.87. The fourth-order valence-corrected chi connectivity index (χ4v) is 5.29. The van der Waals surface area contributed by atoms with Gasteiger partial charge in [-0.1, -0.05) is 15.9 Å². The third kappa shape index (κ3) is 3.76. The summed E-state index contributed by atoms with van der Waals surface area (Å²) in [6.07, 6.45) is 3.83. The third-order valence-electron chi connectivity index (χ3n) is 6.22. The minimum absolute atomic E-state index is 0.0558. The molecule has 164 valence electrons. The van der Waals surface area contributed by atoms with Crippen LogP contribution in [0.4, 0.5) is 0 Å². The molecule has 7 nitrogen and oxygen atoms in total. The van der Waals surface area contributed by atoms with E-state index in [2.05, 4.69) is 21.2 Å². The maximum absolute atomic E-state index is 13.3. The number of esters is 1. The maximum atomic E-state index is 13.3. The van der Waals surface area contributed by atoms with E-state index >= 15 is 0 Å². The van der Waals surface area contributed by atoms with Gasteiger partial charge < -0.3 is 24.3 Å². The lowest BCUT2D eigenvalue weighted by Gasteiger charge is -2.34. The van der Waals surface area contributed by atoms with Gasteiger partial charge in [-0.15, -0.1) is 0 Å². The van der Waals surface area contributed by atoms with Crippen LogP contribution in [0.5, 0.6) is 11.5 Å². The minimum atomic E-state index is -0.537. The van der Waals surface area contributed by atoms with Crippen LogP contribution in [0.2, 0.25) is 0 Å². The lowest BCUT2D eigenvalue weighted by molar-refractivity contribution is -0.142. The Labute approximate surface area is 188 Å². The van der Waals surface area contributed by atoms with E-state index in [0.29, 0.717) is 41.4 Å². The van der Waals surface area contributed by atoms with Gasteiger partial charge in [0.05, 0.1) is 11.7 Å². The van der Waals surface area contributed by atoms with Crippen molar-refractivity contribution in [3.63, 3.8) is 0 Å². The summed E-state index contributed by atoms with van der Waals surface area (Å²) in [5.41, 5.74) is 3.48. The van der Waals surface area contributed by atoms with Gasteiger partial charge in [-0.3, -0.25) is 4.79 Å². The average molecular weight is 490 g/mol. The highest BCUT2D eigenvalue weighted by Crippen LogP contribution is 2.48. The number of fused-ring (bicyclic) bond motifs is 1. The number of hydrogen-bond acceptors (Lipinski definition) is 7. The summed E-state index contributed by atoms with van der Waals surface area (Å²) in [6.45, 7) is 2.92. The number of Topliss-reactive ketones (excluding diaryl/α,β-unsaturated/α-hetero) is 1. The Balaban J connectivity index is 1.55. The molecule has 0 radical (unpaired) electrons. The molecule has 1 aliphatic carbocycles. The number of ether oxygens (including phenoxy) is 4. The standard InChI is InChI=1S/C23H24BrNO6/c1-12-20(23(27)29-10-13-4-3-7-28-13)21(22-16(25-12)5-2-6-17(22)26)14-8-18-19(9-15(14)24)31-11-30-18/h8-9,13,21,25H,2-7,10-11H2,1H3/t13-,21-/m0/s1. The zero-order valence-corrected chi connectivity index (χ0v) is 18.9. The SMILES string of the molecule is CC1=C(C(=O)OC[C@@H]2CCCO2)[C@H](c2cc3c(cc2Br)OCO3)C2=C(CCCC2=O)N1. The van der Waals surface area contributed by atoms with Gasteiger partial charge in [0.1, 0.15) is 6.61 Å². The zero-order valence-electron chi connectivity index (χ0n) is 17.3. The number of allylic oxidation sites excluding steroid dienone is 3.